The molecule has 0 saturated heterocycles. The third-order valence-corrected chi connectivity index (χ3v) is 3.54. The maximum Gasteiger partial charge on any atom is 0.274 e. The maximum absolute atomic E-state index is 12.5. The van der Waals surface area contributed by atoms with Crippen LogP contribution in [0.15, 0.2) is 65.5 Å². The van der Waals surface area contributed by atoms with Crippen molar-refractivity contribution in [2.75, 3.05) is 0 Å². The molecule has 20 heavy (non-hydrogen) atoms. The highest BCUT2D eigenvalue weighted by molar-refractivity contribution is 5.63. The van der Waals surface area contributed by atoms with Gasteiger partial charge in [-0.1, -0.05) is 48.5 Å². The summed E-state index contributed by atoms with van der Waals surface area (Å²) in [4.78, 5) is 12.5. The van der Waals surface area contributed by atoms with Gasteiger partial charge in [0.15, 0.2) is 0 Å². The summed E-state index contributed by atoms with van der Waals surface area (Å²) >= 11 is 0. The predicted octanol–water partition coefficient (Wildman–Crippen LogP) is 3.15. The normalized spacial score (nSPS) is 10.7. The first-order valence-electron chi connectivity index (χ1n) is 6.59. The quantitative estimate of drug-likeness (QED) is 0.698. The first kappa shape index (κ1) is 12.5. The number of hydrogen-bond acceptors (Lipinski definition) is 1. The summed E-state index contributed by atoms with van der Waals surface area (Å²) in [5.41, 5.74) is 3.68. The van der Waals surface area contributed by atoms with Gasteiger partial charge in [0.1, 0.15) is 0 Å². The summed E-state index contributed by atoms with van der Waals surface area (Å²) < 4.78 is 3.62. The second kappa shape index (κ2) is 4.85. The molecule has 0 bridgehead atoms. The zero-order valence-corrected chi connectivity index (χ0v) is 11.6. The molecule has 0 aliphatic heterocycles. The first-order valence-corrected chi connectivity index (χ1v) is 6.59. The van der Waals surface area contributed by atoms with Gasteiger partial charge in [0, 0.05) is 18.2 Å². The van der Waals surface area contributed by atoms with Gasteiger partial charge in [-0.2, -0.15) is 0 Å². The van der Waals surface area contributed by atoms with Crippen molar-refractivity contribution >= 4 is 0 Å². The van der Waals surface area contributed by atoms with Crippen LogP contribution in [-0.2, 0) is 7.05 Å². The summed E-state index contributed by atoms with van der Waals surface area (Å²) in [5, 5.41) is 0. The first-order chi connectivity index (χ1) is 9.70. The third kappa shape index (κ3) is 1.88. The van der Waals surface area contributed by atoms with E-state index in [9.17, 15) is 4.79 Å². The molecule has 0 unspecified atom stereocenters. The minimum Gasteiger partial charge on any atom is -0.280 e. The Hall–Kier alpha value is -2.55. The molecule has 0 amide bonds. The van der Waals surface area contributed by atoms with Crippen molar-refractivity contribution in [2.45, 2.75) is 6.92 Å². The Morgan fingerprint density at radius 1 is 0.850 bits per heavy atom. The van der Waals surface area contributed by atoms with E-state index in [1.807, 2.05) is 79.3 Å². The summed E-state index contributed by atoms with van der Waals surface area (Å²) in [6.45, 7) is 1.88. The highest BCUT2D eigenvalue weighted by Gasteiger charge is 2.16. The Labute approximate surface area is 117 Å². The summed E-state index contributed by atoms with van der Waals surface area (Å²) in [6.07, 6.45) is 0. The smallest absolute Gasteiger partial charge is 0.274 e. The molecule has 3 nitrogen and oxygen atoms in total. The second-order valence-corrected chi connectivity index (χ2v) is 4.82. The molecule has 1 aromatic heterocycles. The molecular weight excluding hydrogens is 248 g/mol. The maximum atomic E-state index is 12.5. The molecule has 1 heterocycles. The number of rotatable bonds is 2. The predicted molar refractivity (Wildman–Crippen MR) is 81.2 cm³/mol. The van der Waals surface area contributed by atoms with Crippen LogP contribution in [0.2, 0.25) is 0 Å². The zero-order valence-electron chi connectivity index (χ0n) is 11.6. The van der Waals surface area contributed by atoms with Gasteiger partial charge in [0.25, 0.3) is 5.56 Å². The van der Waals surface area contributed by atoms with Gasteiger partial charge in [-0.3, -0.25) is 9.48 Å². The Morgan fingerprint density at radius 2 is 1.40 bits per heavy atom. The van der Waals surface area contributed by atoms with Gasteiger partial charge in [0.2, 0.25) is 0 Å². The molecule has 2 aromatic carbocycles. The standard InChI is InChI=1S/C17H16N2O/c1-13-16(14-9-5-3-6-10-14)18(2)19(17(13)20)15-11-7-4-8-12-15/h3-12H,1-2H3. The monoisotopic (exact) mass is 264 g/mol. The van der Waals surface area contributed by atoms with Crippen LogP contribution in [0.5, 0.6) is 0 Å². The SMILES string of the molecule is Cc1c(-c2ccccc2)n(C)n(-c2ccccc2)c1=O. The molecular formula is C17H16N2O. The Bertz CT molecular complexity index is 783. The fraction of sp³-hybridized carbons (Fsp3) is 0.118. The molecule has 0 fully saturated rings. The van der Waals surface area contributed by atoms with Gasteiger partial charge in [-0.25, -0.2) is 4.68 Å². The number of nitrogens with zero attached hydrogens (tertiary/aromatic N) is 2. The molecule has 3 aromatic rings. The van der Waals surface area contributed by atoms with Crippen LogP contribution in [0.1, 0.15) is 5.56 Å². The molecule has 3 heteroatoms. The topological polar surface area (TPSA) is 26.9 Å². The van der Waals surface area contributed by atoms with Crippen LogP contribution in [0.4, 0.5) is 0 Å². The van der Waals surface area contributed by atoms with Crippen LogP contribution in [0.3, 0.4) is 0 Å². The highest BCUT2D eigenvalue weighted by atomic mass is 16.1. The number of benzene rings is 2. The van der Waals surface area contributed by atoms with Crippen molar-refractivity contribution in [1.82, 2.24) is 9.36 Å². The van der Waals surface area contributed by atoms with E-state index in [1.54, 1.807) is 4.68 Å². The van der Waals surface area contributed by atoms with Crippen molar-refractivity contribution in [2.24, 2.45) is 7.05 Å². The average molecular weight is 264 g/mol. The minimum absolute atomic E-state index is 0.0255. The Morgan fingerprint density at radius 3 is 2.00 bits per heavy atom. The summed E-state index contributed by atoms with van der Waals surface area (Å²) in [6, 6.07) is 19.7. The van der Waals surface area contributed by atoms with E-state index < -0.39 is 0 Å². The lowest BCUT2D eigenvalue weighted by molar-refractivity contribution is 0.652. The molecule has 0 aliphatic carbocycles. The Balaban J connectivity index is 2.28. The third-order valence-electron chi connectivity index (χ3n) is 3.54. The van der Waals surface area contributed by atoms with E-state index in [4.69, 9.17) is 0 Å². The van der Waals surface area contributed by atoms with Gasteiger partial charge < -0.3 is 0 Å². The summed E-state index contributed by atoms with van der Waals surface area (Å²) in [5.74, 6) is 0. The van der Waals surface area contributed by atoms with E-state index in [-0.39, 0.29) is 5.56 Å². The molecule has 0 saturated carbocycles. The fourth-order valence-corrected chi connectivity index (χ4v) is 2.60. The lowest BCUT2D eigenvalue weighted by Crippen LogP contribution is -2.20. The number of para-hydroxylation sites is 1. The highest BCUT2D eigenvalue weighted by Crippen LogP contribution is 2.22. The molecule has 0 radical (unpaired) electrons. The van der Waals surface area contributed by atoms with Crippen LogP contribution < -0.4 is 5.56 Å². The lowest BCUT2D eigenvalue weighted by Gasteiger charge is -2.10. The van der Waals surface area contributed by atoms with Crippen LogP contribution in [0, 0.1) is 6.92 Å². The molecule has 100 valence electrons. The van der Waals surface area contributed by atoms with Gasteiger partial charge in [-0.05, 0) is 19.1 Å². The molecule has 3 rings (SSSR count). The van der Waals surface area contributed by atoms with Crippen molar-refractivity contribution in [3.05, 3.63) is 76.6 Å². The average Bonchev–Trinajstić information content (AvgIpc) is 2.71. The van der Waals surface area contributed by atoms with E-state index in [1.165, 1.54) is 0 Å². The molecule has 0 N–H and O–H groups in total. The second-order valence-electron chi connectivity index (χ2n) is 4.82. The van der Waals surface area contributed by atoms with Crippen molar-refractivity contribution in [3.8, 4) is 16.9 Å². The minimum atomic E-state index is 0.0255. The van der Waals surface area contributed by atoms with E-state index in [0.29, 0.717) is 0 Å². The fourth-order valence-electron chi connectivity index (χ4n) is 2.60. The van der Waals surface area contributed by atoms with E-state index in [0.717, 1.165) is 22.5 Å². The van der Waals surface area contributed by atoms with E-state index >= 15 is 0 Å². The van der Waals surface area contributed by atoms with Crippen LogP contribution in [-0.4, -0.2) is 9.36 Å². The van der Waals surface area contributed by atoms with Gasteiger partial charge >= 0.3 is 0 Å². The number of hydrogen-bond donors (Lipinski definition) is 0. The largest absolute Gasteiger partial charge is 0.280 e. The van der Waals surface area contributed by atoms with Gasteiger partial charge in [0.05, 0.1) is 11.4 Å². The summed E-state index contributed by atoms with van der Waals surface area (Å²) in [7, 11) is 1.92. The van der Waals surface area contributed by atoms with Crippen molar-refractivity contribution < 1.29 is 0 Å². The van der Waals surface area contributed by atoms with Crippen LogP contribution in [0.25, 0.3) is 16.9 Å². The van der Waals surface area contributed by atoms with E-state index in [2.05, 4.69) is 0 Å². The number of aromatic nitrogens is 2. The molecule has 0 atom stereocenters. The molecule has 0 aliphatic rings. The van der Waals surface area contributed by atoms with Crippen molar-refractivity contribution in [3.63, 3.8) is 0 Å². The van der Waals surface area contributed by atoms with Gasteiger partial charge in [-0.15, -0.1) is 0 Å². The van der Waals surface area contributed by atoms with Crippen LogP contribution >= 0.6 is 0 Å². The Kier molecular flexibility index (Phi) is 3.03. The van der Waals surface area contributed by atoms with Crippen molar-refractivity contribution in [1.29, 1.82) is 0 Å². The molecule has 0 spiro atoms. The lowest BCUT2D eigenvalue weighted by atomic mass is 10.1. The zero-order chi connectivity index (χ0) is 14.1.